The maximum atomic E-state index is 10.7. The van der Waals surface area contributed by atoms with Crippen LogP contribution in [0.3, 0.4) is 0 Å². The lowest BCUT2D eigenvalue weighted by Gasteiger charge is -2.17. The monoisotopic (exact) mass is 338 g/mol. The third-order valence-electron chi connectivity index (χ3n) is 4.49. The lowest BCUT2D eigenvalue weighted by Crippen LogP contribution is -1.91. The molecular formula is C24H18O2. The van der Waals surface area contributed by atoms with Crippen molar-refractivity contribution < 1.29 is 10.2 Å². The summed E-state index contributed by atoms with van der Waals surface area (Å²) in [5.74, 6) is 0.481. The second-order valence-electron chi connectivity index (χ2n) is 6.16. The minimum atomic E-state index is 0.233. The van der Waals surface area contributed by atoms with E-state index in [1.54, 1.807) is 18.2 Å². The summed E-state index contributed by atoms with van der Waals surface area (Å²) in [4.78, 5) is 0. The Labute approximate surface area is 152 Å². The molecule has 0 atom stereocenters. The molecule has 2 N–H and O–H groups in total. The molecule has 2 heteroatoms. The Kier molecular flexibility index (Phi) is 4.16. The summed E-state index contributed by atoms with van der Waals surface area (Å²) in [5.41, 5.74) is 5.77. The Hall–Kier alpha value is -3.52. The van der Waals surface area contributed by atoms with Gasteiger partial charge in [0.05, 0.1) is 0 Å². The first-order chi connectivity index (χ1) is 12.7. The van der Waals surface area contributed by atoms with Gasteiger partial charge in [-0.25, -0.2) is 0 Å². The van der Waals surface area contributed by atoms with E-state index >= 15 is 0 Å². The number of rotatable bonds is 3. The van der Waals surface area contributed by atoms with Crippen LogP contribution in [0.5, 0.6) is 11.5 Å². The van der Waals surface area contributed by atoms with Gasteiger partial charge in [0.2, 0.25) is 0 Å². The molecule has 0 amide bonds. The summed E-state index contributed by atoms with van der Waals surface area (Å²) >= 11 is 0. The highest BCUT2D eigenvalue weighted by atomic mass is 16.3. The zero-order valence-corrected chi connectivity index (χ0v) is 14.1. The first kappa shape index (κ1) is 16.0. The van der Waals surface area contributed by atoms with Crippen LogP contribution in [0, 0.1) is 0 Å². The molecule has 0 aromatic heterocycles. The number of phenols is 2. The quantitative estimate of drug-likeness (QED) is 0.474. The number of hydrogen-bond donors (Lipinski definition) is 2. The fraction of sp³-hybridized carbons (Fsp3) is 0. The van der Waals surface area contributed by atoms with Gasteiger partial charge in [0.15, 0.2) is 0 Å². The molecule has 0 saturated carbocycles. The Balaban J connectivity index is 2.06. The Morgan fingerprint density at radius 3 is 1.54 bits per heavy atom. The third-order valence-corrected chi connectivity index (χ3v) is 4.49. The summed E-state index contributed by atoms with van der Waals surface area (Å²) < 4.78 is 0. The van der Waals surface area contributed by atoms with Crippen molar-refractivity contribution in [2.45, 2.75) is 0 Å². The molecule has 0 heterocycles. The minimum Gasteiger partial charge on any atom is -0.508 e. The van der Waals surface area contributed by atoms with Crippen LogP contribution < -0.4 is 0 Å². The molecule has 0 radical (unpaired) electrons. The van der Waals surface area contributed by atoms with E-state index < -0.39 is 0 Å². The zero-order chi connectivity index (χ0) is 17.9. The fourth-order valence-electron chi connectivity index (χ4n) is 3.27. The van der Waals surface area contributed by atoms with Crippen molar-refractivity contribution in [3.05, 3.63) is 97.1 Å². The molecule has 0 spiro atoms. The standard InChI is InChI=1S/C24H18O2/c25-20-13-11-17(12-14-20)21-15-16-22(26)24(19-9-5-2-6-10-19)23(21)18-7-3-1-4-8-18/h1-16,25-26H. The molecule has 0 saturated heterocycles. The van der Waals surface area contributed by atoms with E-state index in [1.807, 2.05) is 78.9 Å². The van der Waals surface area contributed by atoms with Gasteiger partial charge in [-0.2, -0.15) is 0 Å². The van der Waals surface area contributed by atoms with E-state index in [2.05, 4.69) is 0 Å². The van der Waals surface area contributed by atoms with Crippen LogP contribution >= 0.6 is 0 Å². The van der Waals surface area contributed by atoms with E-state index in [-0.39, 0.29) is 11.5 Å². The SMILES string of the molecule is Oc1ccc(-c2ccc(O)c(-c3ccccc3)c2-c2ccccc2)cc1. The van der Waals surface area contributed by atoms with Crippen LogP contribution in [-0.4, -0.2) is 10.2 Å². The van der Waals surface area contributed by atoms with Crippen LogP contribution in [-0.2, 0) is 0 Å². The summed E-state index contributed by atoms with van der Waals surface area (Å²) in [6.07, 6.45) is 0. The predicted octanol–water partition coefficient (Wildman–Crippen LogP) is 6.10. The summed E-state index contributed by atoms with van der Waals surface area (Å²) in [5, 5.41) is 20.3. The van der Waals surface area contributed by atoms with Crippen LogP contribution in [0.25, 0.3) is 33.4 Å². The van der Waals surface area contributed by atoms with Crippen molar-refractivity contribution in [3.8, 4) is 44.9 Å². The third kappa shape index (κ3) is 2.93. The smallest absolute Gasteiger partial charge is 0.124 e. The topological polar surface area (TPSA) is 40.5 Å². The lowest BCUT2D eigenvalue weighted by atomic mass is 9.87. The Morgan fingerprint density at radius 1 is 0.423 bits per heavy atom. The van der Waals surface area contributed by atoms with Gasteiger partial charge < -0.3 is 10.2 Å². The van der Waals surface area contributed by atoms with E-state index in [0.29, 0.717) is 0 Å². The van der Waals surface area contributed by atoms with E-state index in [0.717, 1.165) is 33.4 Å². The molecule has 0 bridgehead atoms. The Morgan fingerprint density at radius 2 is 0.962 bits per heavy atom. The number of aromatic hydroxyl groups is 2. The highest BCUT2D eigenvalue weighted by molar-refractivity contribution is 5.97. The molecule has 0 aliphatic carbocycles. The van der Waals surface area contributed by atoms with Crippen molar-refractivity contribution in [2.24, 2.45) is 0 Å². The molecule has 4 rings (SSSR count). The minimum absolute atomic E-state index is 0.233. The highest BCUT2D eigenvalue weighted by Crippen LogP contribution is 2.44. The highest BCUT2D eigenvalue weighted by Gasteiger charge is 2.17. The van der Waals surface area contributed by atoms with Gasteiger partial charge in [0, 0.05) is 11.1 Å². The largest absolute Gasteiger partial charge is 0.508 e. The van der Waals surface area contributed by atoms with Crippen LogP contribution in [0.1, 0.15) is 0 Å². The normalized spacial score (nSPS) is 10.6. The van der Waals surface area contributed by atoms with E-state index in [1.165, 1.54) is 0 Å². The van der Waals surface area contributed by atoms with Crippen molar-refractivity contribution in [3.63, 3.8) is 0 Å². The molecule has 2 nitrogen and oxygen atoms in total. The molecule has 0 fully saturated rings. The molecule has 26 heavy (non-hydrogen) atoms. The van der Waals surface area contributed by atoms with Crippen molar-refractivity contribution in [1.29, 1.82) is 0 Å². The summed E-state index contributed by atoms with van der Waals surface area (Å²) in [6.45, 7) is 0. The van der Waals surface area contributed by atoms with Crippen LogP contribution in [0.4, 0.5) is 0 Å². The molecule has 0 unspecified atom stereocenters. The van der Waals surface area contributed by atoms with Gasteiger partial charge >= 0.3 is 0 Å². The molecule has 0 aliphatic heterocycles. The Bertz CT molecular complexity index is 1020. The van der Waals surface area contributed by atoms with E-state index in [4.69, 9.17) is 0 Å². The van der Waals surface area contributed by atoms with Crippen LogP contribution in [0.15, 0.2) is 97.1 Å². The van der Waals surface area contributed by atoms with Crippen LogP contribution in [0.2, 0.25) is 0 Å². The molecule has 4 aromatic carbocycles. The van der Waals surface area contributed by atoms with Gasteiger partial charge in [-0.3, -0.25) is 0 Å². The van der Waals surface area contributed by atoms with Gasteiger partial charge in [-0.05, 0) is 40.5 Å². The van der Waals surface area contributed by atoms with Crippen molar-refractivity contribution in [2.75, 3.05) is 0 Å². The summed E-state index contributed by atoms with van der Waals surface area (Å²) in [7, 11) is 0. The first-order valence-corrected chi connectivity index (χ1v) is 8.50. The lowest BCUT2D eigenvalue weighted by molar-refractivity contribution is 0.475. The zero-order valence-electron chi connectivity index (χ0n) is 14.1. The first-order valence-electron chi connectivity index (χ1n) is 8.50. The maximum Gasteiger partial charge on any atom is 0.124 e. The van der Waals surface area contributed by atoms with Gasteiger partial charge in [-0.1, -0.05) is 78.9 Å². The van der Waals surface area contributed by atoms with Gasteiger partial charge in [0.1, 0.15) is 11.5 Å². The second-order valence-corrected chi connectivity index (χ2v) is 6.16. The molecular weight excluding hydrogens is 320 g/mol. The second kappa shape index (κ2) is 6.77. The number of hydrogen-bond acceptors (Lipinski definition) is 2. The molecule has 0 aliphatic rings. The maximum absolute atomic E-state index is 10.7. The van der Waals surface area contributed by atoms with Crippen molar-refractivity contribution >= 4 is 0 Å². The number of phenolic OH excluding ortho intramolecular Hbond substituents is 2. The average Bonchev–Trinajstić information content (AvgIpc) is 2.70. The molecule has 4 aromatic rings. The van der Waals surface area contributed by atoms with Gasteiger partial charge in [0.25, 0.3) is 0 Å². The van der Waals surface area contributed by atoms with Crippen molar-refractivity contribution in [1.82, 2.24) is 0 Å². The van der Waals surface area contributed by atoms with E-state index in [9.17, 15) is 10.2 Å². The molecule has 126 valence electrons. The van der Waals surface area contributed by atoms with Gasteiger partial charge in [-0.15, -0.1) is 0 Å². The fourth-order valence-corrected chi connectivity index (χ4v) is 3.27. The number of benzene rings is 4. The summed E-state index contributed by atoms with van der Waals surface area (Å²) in [6, 6.07) is 30.8. The average molecular weight is 338 g/mol. The predicted molar refractivity (Wildman–Crippen MR) is 106 cm³/mol.